The minimum atomic E-state index is -2.61. The number of hydrogen-bond acceptors (Lipinski definition) is 4. The van der Waals surface area contributed by atoms with Gasteiger partial charge in [0.1, 0.15) is 0 Å². The molecule has 0 N–H and O–H groups in total. The molecule has 4 aromatic rings. The Hall–Kier alpha value is -3.39. The number of halogens is 2. The first kappa shape index (κ1) is 25.9. The number of benzene rings is 2. The predicted molar refractivity (Wildman–Crippen MR) is 156 cm³/mol. The summed E-state index contributed by atoms with van der Waals surface area (Å²) in [5, 5.41) is 6.79. The molecular formula is C31H32F2N4OS. The number of aromatic nitrogens is 3. The van der Waals surface area contributed by atoms with Gasteiger partial charge >= 0.3 is 0 Å². The SMILES string of the molecule is CSC1CC=C(c2cc(N3CCCc4cc(-c5cnn(C)c5)c(C(F)F)cc43)c3cn(C(C)=O)cc3c2)CC1. The van der Waals surface area contributed by atoms with Gasteiger partial charge < -0.3 is 4.90 Å². The van der Waals surface area contributed by atoms with E-state index in [1.165, 1.54) is 5.57 Å². The fourth-order valence-electron chi connectivity index (χ4n) is 6.00. The van der Waals surface area contributed by atoms with Crippen LogP contribution in [-0.2, 0) is 13.5 Å². The van der Waals surface area contributed by atoms with E-state index in [2.05, 4.69) is 34.5 Å². The first-order valence-corrected chi connectivity index (χ1v) is 14.7. The number of alkyl halides is 2. The highest BCUT2D eigenvalue weighted by molar-refractivity contribution is 7.99. The lowest BCUT2D eigenvalue weighted by molar-refractivity contribution is 0.0937. The van der Waals surface area contributed by atoms with Gasteiger partial charge in [-0.3, -0.25) is 14.0 Å². The molecule has 0 spiro atoms. The maximum atomic E-state index is 14.4. The van der Waals surface area contributed by atoms with E-state index in [4.69, 9.17) is 0 Å². The molecule has 0 fully saturated rings. The molecule has 8 heteroatoms. The van der Waals surface area contributed by atoms with E-state index < -0.39 is 6.43 Å². The van der Waals surface area contributed by atoms with Crippen LogP contribution in [0.3, 0.4) is 0 Å². The lowest BCUT2D eigenvalue weighted by Gasteiger charge is -2.33. The molecule has 39 heavy (non-hydrogen) atoms. The zero-order valence-electron chi connectivity index (χ0n) is 22.5. The molecule has 1 aliphatic carbocycles. The standard InChI is InChI=1S/C31H32F2N4OS/c1-19(38)36-17-23-11-22(20-6-8-25(39-3)9-7-20)13-30(28(23)18-36)37-10-4-5-21-12-26(24-15-34-35(2)16-24)27(31(32)33)14-29(21)37/h6,11-18,25,31H,4-5,7-10H2,1-3H3. The molecule has 0 bridgehead atoms. The van der Waals surface area contributed by atoms with E-state index in [9.17, 15) is 13.6 Å². The number of rotatable bonds is 5. The minimum Gasteiger partial charge on any atom is -0.341 e. The Morgan fingerprint density at radius 3 is 2.59 bits per heavy atom. The third kappa shape index (κ3) is 4.80. The second-order valence-corrected chi connectivity index (χ2v) is 11.7. The number of hydrogen-bond donors (Lipinski definition) is 0. The molecule has 0 amide bonds. The smallest absolute Gasteiger partial charge is 0.264 e. The van der Waals surface area contributed by atoms with Crippen molar-refractivity contribution in [3.05, 3.63) is 71.8 Å². The van der Waals surface area contributed by atoms with Crippen molar-refractivity contribution in [2.75, 3.05) is 17.7 Å². The molecule has 2 aromatic carbocycles. The van der Waals surface area contributed by atoms with Gasteiger partial charge in [-0.2, -0.15) is 16.9 Å². The largest absolute Gasteiger partial charge is 0.341 e. The van der Waals surface area contributed by atoms with Crippen LogP contribution in [0, 0.1) is 0 Å². The van der Waals surface area contributed by atoms with Crippen LogP contribution in [-0.4, -0.2) is 38.3 Å². The Bertz CT molecular complexity index is 1600. The van der Waals surface area contributed by atoms with E-state index in [-0.39, 0.29) is 11.5 Å². The normalized spacial score (nSPS) is 17.5. The van der Waals surface area contributed by atoms with Crippen molar-refractivity contribution in [2.45, 2.75) is 50.7 Å². The van der Waals surface area contributed by atoms with Gasteiger partial charge in [0.15, 0.2) is 0 Å². The number of fused-ring (bicyclic) bond motifs is 2. The van der Waals surface area contributed by atoms with Gasteiger partial charge in [-0.15, -0.1) is 0 Å². The summed E-state index contributed by atoms with van der Waals surface area (Å²) in [6.07, 6.45) is 14.0. The van der Waals surface area contributed by atoms with Crippen molar-refractivity contribution in [1.82, 2.24) is 14.3 Å². The molecule has 1 aliphatic heterocycles. The van der Waals surface area contributed by atoms with Gasteiger partial charge in [0, 0.05) is 71.9 Å². The molecule has 5 nitrogen and oxygen atoms in total. The van der Waals surface area contributed by atoms with Crippen molar-refractivity contribution in [1.29, 1.82) is 0 Å². The van der Waals surface area contributed by atoms with Gasteiger partial charge in [0.05, 0.1) is 11.9 Å². The van der Waals surface area contributed by atoms with Gasteiger partial charge in [-0.05, 0) is 84.9 Å². The summed E-state index contributed by atoms with van der Waals surface area (Å²) in [4.78, 5) is 14.5. The Morgan fingerprint density at radius 2 is 1.92 bits per heavy atom. The van der Waals surface area contributed by atoms with Crippen molar-refractivity contribution < 1.29 is 13.6 Å². The number of carbonyl (C=O) groups is 1. The third-order valence-electron chi connectivity index (χ3n) is 8.08. The van der Waals surface area contributed by atoms with Crippen LogP contribution in [0.25, 0.3) is 27.5 Å². The monoisotopic (exact) mass is 546 g/mol. The van der Waals surface area contributed by atoms with Gasteiger partial charge in [0.25, 0.3) is 6.43 Å². The topological polar surface area (TPSA) is 43.1 Å². The summed E-state index contributed by atoms with van der Waals surface area (Å²) in [6, 6.07) is 7.97. The highest BCUT2D eigenvalue weighted by Crippen LogP contribution is 2.44. The van der Waals surface area contributed by atoms with E-state index in [0.29, 0.717) is 16.4 Å². The third-order valence-corrected chi connectivity index (χ3v) is 9.17. The van der Waals surface area contributed by atoms with E-state index >= 15 is 0 Å². The van der Waals surface area contributed by atoms with Gasteiger partial charge in [0.2, 0.25) is 5.91 Å². The molecule has 6 rings (SSSR count). The van der Waals surface area contributed by atoms with Gasteiger partial charge in [-0.1, -0.05) is 6.08 Å². The molecule has 0 saturated carbocycles. The molecule has 0 saturated heterocycles. The second kappa shape index (κ2) is 10.3. The highest BCUT2D eigenvalue weighted by Gasteiger charge is 2.27. The van der Waals surface area contributed by atoms with Crippen LogP contribution in [0.2, 0.25) is 0 Å². The maximum absolute atomic E-state index is 14.4. The number of thioether (sulfide) groups is 1. The molecule has 202 valence electrons. The number of carbonyl (C=O) groups excluding carboxylic acids is 1. The fourth-order valence-corrected chi connectivity index (χ4v) is 6.64. The van der Waals surface area contributed by atoms with E-state index in [1.54, 1.807) is 41.7 Å². The summed E-state index contributed by atoms with van der Waals surface area (Å²) in [6.45, 7) is 2.27. The summed E-state index contributed by atoms with van der Waals surface area (Å²) in [5.41, 5.74) is 6.54. The summed E-state index contributed by atoms with van der Waals surface area (Å²) in [5.74, 6) is -0.0569. The summed E-state index contributed by atoms with van der Waals surface area (Å²) in [7, 11) is 1.79. The van der Waals surface area contributed by atoms with Crippen LogP contribution < -0.4 is 4.90 Å². The summed E-state index contributed by atoms with van der Waals surface area (Å²) >= 11 is 1.91. The highest BCUT2D eigenvalue weighted by atomic mass is 32.2. The molecule has 0 radical (unpaired) electrons. The second-order valence-electron chi connectivity index (χ2n) is 10.6. The number of allylic oxidation sites excluding steroid dienone is 2. The molecule has 1 atom stereocenters. The first-order valence-electron chi connectivity index (χ1n) is 13.4. The Morgan fingerprint density at radius 1 is 1.08 bits per heavy atom. The molecular weight excluding hydrogens is 514 g/mol. The van der Waals surface area contributed by atoms with Crippen LogP contribution in [0.4, 0.5) is 20.2 Å². The number of nitrogens with zero attached hydrogens (tertiary/aromatic N) is 4. The lowest BCUT2D eigenvalue weighted by Crippen LogP contribution is -2.25. The van der Waals surface area contributed by atoms with Crippen molar-refractivity contribution in [2.24, 2.45) is 7.05 Å². The van der Waals surface area contributed by atoms with Crippen molar-refractivity contribution in [3.63, 3.8) is 0 Å². The van der Waals surface area contributed by atoms with Gasteiger partial charge in [-0.25, -0.2) is 8.78 Å². The predicted octanol–water partition coefficient (Wildman–Crippen LogP) is 8.02. The molecule has 2 aromatic heterocycles. The quantitative estimate of drug-likeness (QED) is 0.254. The fraction of sp³-hybridized carbons (Fsp3) is 0.355. The molecule has 1 unspecified atom stereocenters. The van der Waals surface area contributed by atoms with Crippen molar-refractivity contribution >= 4 is 45.4 Å². The van der Waals surface area contributed by atoms with Crippen LogP contribution in [0.15, 0.2) is 55.1 Å². The number of aryl methyl sites for hydroxylation is 2. The van der Waals surface area contributed by atoms with Crippen LogP contribution >= 0.6 is 11.8 Å². The Labute approximate surface area is 231 Å². The molecule has 3 heterocycles. The summed E-state index contributed by atoms with van der Waals surface area (Å²) < 4.78 is 32.1. The number of anilines is 2. The Kier molecular flexibility index (Phi) is 6.83. The first-order chi connectivity index (χ1) is 18.8. The van der Waals surface area contributed by atoms with Crippen molar-refractivity contribution in [3.8, 4) is 11.1 Å². The average molecular weight is 547 g/mol. The zero-order valence-corrected chi connectivity index (χ0v) is 23.3. The van der Waals surface area contributed by atoms with E-state index in [0.717, 1.165) is 71.9 Å². The minimum absolute atomic E-state index is 0.0143. The van der Waals surface area contributed by atoms with Crippen LogP contribution in [0.1, 0.15) is 60.5 Å². The average Bonchev–Trinajstić information content (AvgIpc) is 3.58. The maximum Gasteiger partial charge on any atom is 0.264 e. The Balaban J connectivity index is 1.52. The molecule has 2 aliphatic rings. The lowest BCUT2D eigenvalue weighted by atomic mass is 9.90. The van der Waals surface area contributed by atoms with Crippen LogP contribution in [0.5, 0.6) is 0 Å². The zero-order chi connectivity index (χ0) is 27.3. The van der Waals surface area contributed by atoms with E-state index in [1.807, 2.05) is 30.2 Å².